The summed E-state index contributed by atoms with van der Waals surface area (Å²) in [7, 11) is 3.25. The molecule has 2 rings (SSSR count). The topological polar surface area (TPSA) is 47.6 Å². The molecule has 5 heteroatoms. The third-order valence-corrected chi connectivity index (χ3v) is 4.91. The molecule has 0 aliphatic heterocycles. The van der Waals surface area contributed by atoms with Gasteiger partial charge in [0.25, 0.3) is 5.91 Å². The number of carbonyl (C=O) groups excluding carboxylic acids is 1. The highest BCUT2D eigenvalue weighted by Gasteiger charge is 2.30. The molecule has 24 heavy (non-hydrogen) atoms. The molecule has 0 spiro atoms. The number of hydrogen-bond acceptors (Lipinski definition) is 3. The van der Waals surface area contributed by atoms with Gasteiger partial charge in [0.05, 0.1) is 19.2 Å². The molecule has 2 aromatic rings. The Morgan fingerprint density at radius 1 is 1.17 bits per heavy atom. The van der Waals surface area contributed by atoms with E-state index in [-0.39, 0.29) is 5.91 Å². The van der Waals surface area contributed by atoms with Crippen molar-refractivity contribution in [2.45, 2.75) is 18.9 Å². The molecule has 0 bridgehead atoms. The summed E-state index contributed by atoms with van der Waals surface area (Å²) in [5.41, 5.74) is 1.02. The van der Waals surface area contributed by atoms with Crippen LogP contribution < -0.4 is 10.1 Å². The molecule has 0 radical (unpaired) electrons. The van der Waals surface area contributed by atoms with Crippen molar-refractivity contribution in [1.82, 2.24) is 5.32 Å². The lowest BCUT2D eigenvalue weighted by atomic mass is 9.90. The van der Waals surface area contributed by atoms with Crippen LogP contribution in [0.25, 0.3) is 0 Å². The summed E-state index contributed by atoms with van der Waals surface area (Å²) in [6.07, 6.45) is 0.743. The van der Waals surface area contributed by atoms with Crippen LogP contribution in [0.1, 0.15) is 29.3 Å². The first-order chi connectivity index (χ1) is 11.6. The lowest BCUT2D eigenvalue weighted by Gasteiger charge is -2.32. The molecule has 2 aromatic carbocycles. The molecular formula is C19H22BrNO3. The van der Waals surface area contributed by atoms with Gasteiger partial charge in [-0.05, 0) is 46.1 Å². The Morgan fingerprint density at radius 2 is 1.88 bits per heavy atom. The van der Waals surface area contributed by atoms with E-state index < -0.39 is 5.60 Å². The summed E-state index contributed by atoms with van der Waals surface area (Å²) in [6, 6.07) is 15.2. The maximum atomic E-state index is 12.6. The van der Waals surface area contributed by atoms with Gasteiger partial charge < -0.3 is 14.8 Å². The molecule has 1 N–H and O–H groups in total. The highest BCUT2D eigenvalue weighted by Crippen LogP contribution is 2.28. The highest BCUT2D eigenvalue weighted by molar-refractivity contribution is 9.10. The van der Waals surface area contributed by atoms with E-state index >= 15 is 0 Å². The van der Waals surface area contributed by atoms with Gasteiger partial charge >= 0.3 is 0 Å². The van der Waals surface area contributed by atoms with Crippen molar-refractivity contribution in [2.24, 2.45) is 0 Å². The van der Waals surface area contributed by atoms with Gasteiger partial charge in [-0.3, -0.25) is 4.79 Å². The van der Waals surface area contributed by atoms with Gasteiger partial charge in [0.15, 0.2) is 0 Å². The monoisotopic (exact) mass is 391 g/mol. The zero-order valence-corrected chi connectivity index (χ0v) is 15.7. The van der Waals surface area contributed by atoms with E-state index in [4.69, 9.17) is 9.47 Å². The molecule has 1 atom stereocenters. The number of ether oxygens (including phenoxy) is 2. The fraction of sp³-hybridized carbons (Fsp3) is 0.316. The fourth-order valence-electron chi connectivity index (χ4n) is 2.63. The Hall–Kier alpha value is -1.85. The Balaban J connectivity index is 2.19. The van der Waals surface area contributed by atoms with E-state index in [2.05, 4.69) is 21.2 Å². The molecular weight excluding hydrogens is 370 g/mol. The summed E-state index contributed by atoms with van der Waals surface area (Å²) in [4.78, 5) is 12.6. The molecule has 1 amide bonds. The van der Waals surface area contributed by atoms with E-state index in [0.29, 0.717) is 17.9 Å². The van der Waals surface area contributed by atoms with Crippen LogP contribution in [0, 0.1) is 0 Å². The third kappa shape index (κ3) is 3.97. The van der Waals surface area contributed by atoms with Crippen molar-refractivity contribution in [3.8, 4) is 5.75 Å². The average Bonchev–Trinajstić information content (AvgIpc) is 2.64. The molecule has 0 heterocycles. The number of amides is 1. The average molecular weight is 392 g/mol. The van der Waals surface area contributed by atoms with Gasteiger partial charge in [0.2, 0.25) is 0 Å². The van der Waals surface area contributed by atoms with Gasteiger partial charge in [-0.25, -0.2) is 0 Å². The maximum Gasteiger partial charge on any atom is 0.252 e. The quantitative estimate of drug-likeness (QED) is 0.771. The van der Waals surface area contributed by atoms with Crippen LogP contribution in [-0.4, -0.2) is 26.7 Å². The van der Waals surface area contributed by atoms with Gasteiger partial charge in [0, 0.05) is 11.6 Å². The molecule has 0 saturated heterocycles. The molecule has 0 aliphatic rings. The second kappa shape index (κ2) is 8.31. The lowest BCUT2D eigenvalue weighted by Crippen LogP contribution is -2.42. The van der Waals surface area contributed by atoms with Crippen molar-refractivity contribution in [2.75, 3.05) is 20.8 Å². The van der Waals surface area contributed by atoms with E-state index in [9.17, 15) is 4.79 Å². The second-order valence-electron chi connectivity index (χ2n) is 5.45. The summed E-state index contributed by atoms with van der Waals surface area (Å²) in [5, 5.41) is 2.98. The van der Waals surface area contributed by atoms with Gasteiger partial charge in [-0.2, -0.15) is 0 Å². The SMILES string of the molecule is CCC(CNC(=O)c1cc(OC)ccc1Br)(OC)c1ccccc1. The van der Waals surface area contributed by atoms with Crippen LogP contribution in [0.15, 0.2) is 53.0 Å². The first-order valence-electron chi connectivity index (χ1n) is 7.78. The number of carbonyl (C=O) groups is 1. The summed E-state index contributed by atoms with van der Waals surface area (Å²) in [5.74, 6) is 0.464. The van der Waals surface area contributed by atoms with Crippen LogP contribution >= 0.6 is 15.9 Å². The van der Waals surface area contributed by atoms with Crippen molar-refractivity contribution in [3.05, 3.63) is 64.1 Å². The number of methoxy groups -OCH3 is 2. The third-order valence-electron chi connectivity index (χ3n) is 4.21. The second-order valence-corrected chi connectivity index (χ2v) is 6.30. The molecule has 0 saturated carbocycles. The smallest absolute Gasteiger partial charge is 0.252 e. The van der Waals surface area contributed by atoms with Crippen molar-refractivity contribution in [3.63, 3.8) is 0 Å². The largest absolute Gasteiger partial charge is 0.497 e. The summed E-state index contributed by atoms with van der Waals surface area (Å²) in [6.45, 7) is 2.43. The zero-order valence-electron chi connectivity index (χ0n) is 14.1. The predicted molar refractivity (Wildman–Crippen MR) is 98.4 cm³/mol. The Labute approximate surface area is 151 Å². The highest BCUT2D eigenvalue weighted by atomic mass is 79.9. The number of rotatable bonds is 7. The van der Waals surface area contributed by atoms with Gasteiger partial charge in [0.1, 0.15) is 11.4 Å². The van der Waals surface area contributed by atoms with E-state index in [1.54, 1.807) is 32.4 Å². The molecule has 4 nitrogen and oxygen atoms in total. The van der Waals surface area contributed by atoms with E-state index in [0.717, 1.165) is 16.5 Å². The number of halogens is 1. The van der Waals surface area contributed by atoms with Gasteiger partial charge in [-0.1, -0.05) is 37.3 Å². The van der Waals surface area contributed by atoms with Crippen LogP contribution in [-0.2, 0) is 10.3 Å². The van der Waals surface area contributed by atoms with Crippen molar-refractivity contribution in [1.29, 1.82) is 0 Å². The summed E-state index contributed by atoms with van der Waals surface area (Å²) >= 11 is 3.41. The molecule has 0 aromatic heterocycles. The molecule has 128 valence electrons. The molecule has 0 fully saturated rings. The first kappa shape index (κ1) is 18.5. The lowest BCUT2D eigenvalue weighted by molar-refractivity contribution is -0.0164. The van der Waals surface area contributed by atoms with E-state index in [1.165, 1.54) is 0 Å². The van der Waals surface area contributed by atoms with Crippen LogP contribution in [0.4, 0.5) is 0 Å². The zero-order chi connectivity index (χ0) is 17.6. The fourth-order valence-corrected chi connectivity index (χ4v) is 3.06. The standard InChI is InChI=1S/C19H22BrNO3/c1-4-19(24-3,14-8-6-5-7-9-14)13-21-18(22)16-12-15(23-2)10-11-17(16)20/h5-12H,4,13H2,1-3H3,(H,21,22). The molecule has 1 unspecified atom stereocenters. The maximum absolute atomic E-state index is 12.6. The normalized spacial score (nSPS) is 13.2. The van der Waals surface area contributed by atoms with Gasteiger partial charge in [-0.15, -0.1) is 0 Å². The van der Waals surface area contributed by atoms with Crippen LogP contribution in [0.3, 0.4) is 0 Å². The Morgan fingerprint density at radius 3 is 2.46 bits per heavy atom. The minimum Gasteiger partial charge on any atom is -0.497 e. The van der Waals surface area contributed by atoms with Crippen LogP contribution in [0.2, 0.25) is 0 Å². The number of hydrogen-bond donors (Lipinski definition) is 1. The van der Waals surface area contributed by atoms with E-state index in [1.807, 2.05) is 37.3 Å². The Bertz CT molecular complexity index is 684. The number of benzene rings is 2. The van der Waals surface area contributed by atoms with Crippen molar-refractivity contribution < 1.29 is 14.3 Å². The number of nitrogens with one attached hydrogen (secondary N) is 1. The van der Waals surface area contributed by atoms with Crippen molar-refractivity contribution >= 4 is 21.8 Å². The minimum atomic E-state index is -0.553. The predicted octanol–water partition coefficient (Wildman–Crippen LogP) is 4.14. The Kier molecular flexibility index (Phi) is 6.40. The summed E-state index contributed by atoms with van der Waals surface area (Å²) < 4.78 is 11.7. The molecule has 0 aliphatic carbocycles. The van der Waals surface area contributed by atoms with Crippen LogP contribution in [0.5, 0.6) is 5.75 Å². The minimum absolute atomic E-state index is 0.174. The first-order valence-corrected chi connectivity index (χ1v) is 8.58.